The van der Waals surface area contributed by atoms with Gasteiger partial charge in [0.25, 0.3) is 0 Å². The van der Waals surface area contributed by atoms with Crippen molar-refractivity contribution in [3.05, 3.63) is 0 Å². The van der Waals surface area contributed by atoms with Crippen LogP contribution >= 0.6 is 0 Å². The summed E-state index contributed by atoms with van der Waals surface area (Å²) in [5, 5.41) is 8.26. The molecule has 0 rings (SSSR count). The molecule has 2 amide bonds. The van der Waals surface area contributed by atoms with Crippen LogP contribution in [0.3, 0.4) is 0 Å². The Labute approximate surface area is 62.6 Å². The average molecular weight is 168 g/mol. The van der Waals surface area contributed by atoms with Crippen molar-refractivity contribution in [3.63, 3.8) is 0 Å². The molecule has 0 heterocycles. The van der Waals surface area contributed by atoms with E-state index < -0.39 is 12.6 Å². The van der Waals surface area contributed by atoms with Crippen molar-refractivity contribution in [2.24, 2.45) is 5.73 Å². The minimum absolute atomic E-state index is 0.104. The molecule has 0 atom stereocenters. The summed E-state index contributed by atoms with van der Waals surface area (Å²) in [5.74, 6) is 0. The molecule has 0 aromatic rings. The number of rotatable bonds is 4. The van der Waals surface area contributed by atoms with E-state index in [9.17, 15) is 13.6 Å². The van der Waals surface area contributed by atoms with Gasteiger partial charge in [-0.2, -0.15) is 8.78 Å². The molecule has 0 aromatic heterocycles. The van der Waals surface area contributed by atoms with Crippen LogP contribution in [0.15, 0.2) is 0 Å². The van der Waals surface area contributed by atoms with Gasteiger partial charge in [0.15, 0.2) is 0 Å². The van der Waals surface area contributed by atoms with Crippen molar-refractivity contribution in [2.75, 3.05) is 13.2 Å². The van der Waals surface area contributed by atoms with E-state index in [2.05, 4.69) is 5.73 Å². The van der Waals surface area contributed by atoms with Crippen LogP contribution in [0.2, 0.25) is 0 Å². The molecule has 0 radical (unpaired) electrons. The second-order valence-corrected chi connectivity index (χ2v) is 1.89. The first-order valence-electron chi connectivity index (χ1n) is 3.04. The van der Waals surface area contributed by atoms with Gasteiger partial charge in [-0.3, -0.25) is 4.90 Å². The first-order valence-corrected chi connectivity index (χ1v) is 3.04. The van der Waals surface area contributed by atoms with Crippen molar-refractivity contribution in [2.45, 2.75) is 13.0 Å². The summed E-state index contributed by atoms with van der Waals surface area (Å²) in [6, 6.07) is -1.17. The summed E-state index contributed by atoms with van der Waals surface area (Å²) in [5.41, 5.74) is 4.60. The third-order valence-corrected chi connectivity index (χ3v) is 1.08. The van der Waals surface area contributed by atoms with E-state index in [1.165, 1.54) is 0 Å². The molecular formula is C5H10F2N2O2. The molecule has 0 bridgehead atoms. The Kier molecular flexibility index (Phi) is 4.44. The largest absolute Gasteiger partial charge is 0.396 e. The fourth-order valence-electron chi connectivity index (χ4n) is 0.545. The molecule has 66 valence electrons. The number of carbonyl (C=O) groups is 1. The Morgan fingerprint density at radius 3 is 2.45 bits per heavy atom. The Morgan fingerprint density at radius 2 is 2.18 bits per heavy atom. The van der Waals surface area contributed by atoms with E-state index in [1.54, 1.807) is 0 Å². The van der Waals surface area contributed by atoms with Crippen molar-refractivity contribution in [1.29, 1.82) is 0 Å². The Balaban J connectivity index is 3.80. The quantitative estimate of drug-likeness (QED) is 0.579. The van der Waals surface area contributed by atoms with Gasteiger partial charge in [0.05, 0.1) is 0 Å². The van der Waals surface area contributed by atoms with Gasteiger partial charge in [0.2, 0.25) is 0 Å². The second kappa shape index (κ2) is 4.84. The Hall–Kier alpha value is -0.910. The molecule has 0 aliphatic heterocycles. The van der Waals surface area contributed by atoms with Gasteiger partial charge >= 0.3 is 12.6 Å². The lowest BCUT2D eigenvalue weighted by atomic mass is 10.4. The van der Waals surface area contributed by atoms with Gasteiger partial charge in [0.1, 0.15) is 0 Å². The maximum absolute atomic E-state index is 11.8. The number of nitrogens with zero attached hydrogens (tertiary/aromatic N) is 1. The molecular weight excluding hydrogens is 158 g/mol. The van der Waals surface area contributed by atoms with Crippen molar-refractivity contribution < 1.29 is 18.7 Å². The predicted molar refractivity (Wildman–Crippen MR) is 34.0 cm³/mol. The molecule has 11 heavy (non-hydrogen) atoms. The summed E-state index contributed by atoms with van der Waals surface area (Å²) < 4.78 is 23.6. The van der Waals surface area contributed by atoms with Crippen LogP contribution in [0.1, 0.15) is 6.42 Å². The molecule has 0 aliphatic rings. The summed E-state index contributed by atoms with van der Waals surface area (Å²) in [6.07, 6.45) is 0.104. The van der Waals surface area contributed by atoms with Gasteiger partial charge in [0, 0.05) is 13.2 Å². The zero-order valence-corrected chi connectivity index (χ0v) is 5.83. The number of amides is 2. The topological polar surface area (TPSA) is 66.6 Å². The number of nitrogens with two attached hydrogens (primary N) is 1. The Morgan fingerprint density at radius 1 is 1.64 bits per heavy atom. The normalized spacial score (nSPS) is 10.2. The van der Waals surface area contributed by atoms with Crippen LogP contribution in [0.25, 0.3) is 0 Å². The van der Waals surface area contributed by atoms with Crippen LogP contribution in [0.5, 0.6) is 0 Å². The molecule has 0 aromatic carbocycles. The Bertz CT molecular complexity index is 132. The van der Waals surface area contributed by atoms with Gasteiger partial charge in [-0.25, -0.2) is 4.79 Å². The minimum Gasteiger partial charge on any atom is -0.396 e. The van der Waals surface area contributed by atoms with Gasteiger partial charge in [-0.05, 0) is 6.42 Å². The molecule has 3 N–H and O–H groups in total. The molecule has 0 fully saturated rings. The number of urea groups is 1. The highest BCUT2D eigenvalue weighted by atomic mass is 19.3. The van der Waals surface area contributed by atoms with Crippen molar-refractivity contribution >= 4 is 6.03 Å². The third kappa shape index (κ3) is 3.72. The third-order valence-electron chi connectivity index (χ3n) is 1.08. The first-order chi connectivity index (χ1) is 5.09. The first kappa shape index (κ1) is 10.1. The molecule has 0 saturated carbocycles. The van der Waals surface area contributed by atoms with Crippen molar-refractivity contribution in [1.82, 2.24) is 4.90 Å². The summed E-state index contributed by atoms with van der Waals surface area (Å²) >= 11 is 0. The number of primary amides is 1. The summed E-state index contributed by atoms with van der Waals surface area (Å²) in [6.45, 7) is -3.35. The number of hydrogen-bond acceptors (Lipinski definition) is 2. The summed E-state index contributed by atoms with van der Waals surface area (Å²) in [4.78, 5) is 10.4. The monoisotopic (exact) mass is 168 g/mol. The number of alkyl halides is 2. The summed E-state index contributed by atoms with van der Waals surface area (Å²) in [7, 11) is 0. The number of hydrogen-bond donors (Lipinski definition) is 2. The lowest BCUT2D eigenvalue weighted by molar-refractivity contribution is 0.00218. The maximum Gasteiger partial charge on any atom is 0.319 e. The molecule has 0 aliphatic carbocycles. The van der Waals surface area contributed by atoms with E-state index in [1.807, 2.05) is 0 Å². The standard InChI is InChI=1S/C5H10F2N2O2/c6-4(7)9(5(8)11)2-1-3-10/h4,10H,1-3H2,(H2,8,11). The van der Waals surface area contributed by atoms with E-state index in [0.29, 0.717) is 0 Å². The van der Waals surface area contributed by atoms with E-state index in [0.717, 1.165) is 0 Å². The second-order valence-electron chi connectivity index (χ2n) is 1.89. The lowest BCUT2D eigenvalue weighted by Crippen LogP contribution is -2.40. The van der Waals surface area contributed by atoms with Crippen LogP contribution < -0.4 is 5.73 Å². The number of carbonyl (C=O) groups excluding carboxylic acids is 1. The number of halogens is 2. The molecule has 6 heteroatoms. The molecule has 0 saturated heterocycles. The van der Waals surface area contributed by atoms with Crippen LogP contribution in [0.4, 0.5) is 13.6 Å². The maximum atomic E-state index is 11.8. The van der Waals surface area contributed by atoms with E-state index in [-0.39, 0.29) is 24.5 Å². The van der Waals surface area contributed by atoms with E-state index in [4.69, 9.17) is 5.11 Å². The van der Waals surface area contributed by atoms with Gasteiger partial charge in [-0.15, -0.1) is 0 Å². The van der Waals surface area contributed by atoms with Crippen LogP contribution in [0, 0.1) is 0 Å². The average Bonchev–Trinajstić information content (AvgIpc) is 1.87. The predicted octanol–water partition coefficient (Wildman–Crippen LogP) is -0.0279. The molecule has 4 nitrogen and oxygen atoms in total. The highest BCUT2D eigenvalue weighted by Gasteiger charge is 2.18. The van der Waals surface area contributed by atoms with Gasteiger partial charge in [-0.1, -0.05) is 0 Å². The highest BCUT2D eigenvalue weighted by molar-refractivity contribution is 5.71. The molecule has 0 spiro atoms. The van der Waals surface area contributed by atoms with Crippen LogP contribution in [-0.4, -0.2) is 35.7 Å². The zero-order valence-electron chi connectivity index (χ0n) is 5.83. The number of aliphatic hydroxyl groups excluding tert-OH is 1. The van der Waals surface area contributed by atoms with Gasteiger partial charge < -0.3 is 10.8 Å². The van der Waals surface area contributed by atoms with E-state index >= 15 is 0 Å². The lowest BCUT2D eigenvalue weighted by Gasteiger charge is -2.17. The minimum atomic E-state index is -2.89. The highest BCUT2D eigenvalue weighted by Crippen LogP contribution is 2.02. The van der Waals surface area contributed by atoms with Crippen LogP contribution in [-0.2, 0) is 0 Å². The fourth-order valence-corrected chi connectivity index (χ4v) is 0.545. The smallest absolute Gasteiger partial charge is 0.319 e. The SMILES string of the molecule is NC(=O)N(CCCO)C(F)F. The zero-order chi connectivity index (χ0) is 8.85. The molecule has 0 unspecified atom stereocenters. The number of aliphatic hydroxyl groups is 1. The fraction of sp³-hybridized carbons (Fsp3) is 0.800. The van der Waals surface area contributed by atoms with Crippen molar-refractivity contribution in [3.8, 4) is 0 Å².